The van der Waals surface area contributed by atoms with Gasteiger partial charge in [-0.1, -0.05) is 12.8 Å². The quantitative estimate of drug-likeness (QED) is 0.662. The highest BCUT2D eigenvalue weighted by Crippen LogP contribution is 2.35. The highest BCUT2D eigenvalue weighted by Gasteiger charge is 2.52. The first kappa shape index (κ1) is 20.8. The lowest BCUT2D eigenvalue weighted by Crippen LogP contribution is -2.44. The van der Waals surface area contributed by atoms with Crippen LogP contribution in [-0.2, 0) is 9.59 Å². The molecule has 0 unspecified atom stereocenters. The number of aryl methyl sites for hydroxylation is 1. The van der Waals surface area contributed by atoms with Gasteiger partial charge in [-0.05, 0) is 62.1 Å². The molecule has 4 amide bonds. The molecule has 8 heteroatoms. The minimum atomic E-state index is -0.698. The number of carbonyl (C=O) groups is 3. The number of rotatable bonds is 7. The van der Waals surface area contributed by atoms with Gasteiger partial charge >= 0.3 is 6.03 Å². The zero-order chi connectivity index (χ0) is 21.8. The van der Waals surface area contributed by atoms with Crippen LogP contribution in [0, 0.1) is 6.92 Å². The van der Waals surface area contributed by atoms with Crippen molar-refractivity contribution >= 4 is 23.5 Å². The summed E-state index contributed by atoms with van der Waals surface area (Å²) >= 11 is 0. The predicted octanol–water partition coefficient (Wildman–Crippen LogP) is 3.77. The largest absolute Gasteiger partial charge is 0.455 e. The summed E-state index contributed by atoms with van der Waals surface area (Å²) in [6, 6.07) is 8.69. The summed E-state index contributed by atoms with van der Waals surface area (Å²) in [6.07, 6.45) is 7.26. The van der Waals surface area contributed by atoms with Crippen LogP contribution in [-0.4, -0.2) is 39.8 Å². The average molecular weight is 422 g/mol. The third kappa shape index (κ3) is 4.52. The smallest absolute Gasteiger partial charge is 0.325 e. The molecule has 2 fully saturated rings. The molecule has 2 aromatic rings. The third-order valence-electron chi connectivity index (χ3n) is 5.81. The van der Waals surface area contributed by atoms with Crippen molar-refractivity contribution in [3.05, 3.63) is 48.3 Å². The van der Waals surface area contributed by atoms with Crippen LogP contribution in [0.3, 0.4) is 0 Å². The molecule has 1 aliphatic heterocycles. The fourth-order valence-electron chi connectivity index (χ4n) is 4.19. The minimum Gasteiger partial charge on any atom is -0.455 e. The Balaban J connectivity index is 1.27. The van der Waals surface area contributed by atoms with Crippen LogP contribution >= 0.6 is 0 Å². The molecule has 4 rings (SSSR count). The van der Waals surface area contributed by atoms with Gasteiger partial charge in [0.15, 0.2) is 0 Å². The molecule has 0 atom stereocenters. The Labute approximate surface area is 181 Å². The Hall–Kier alpha value is -3.42. The number of amides is 4. The lowest BCUT2D eigenvalue weighted by molar-refractivity contribution is -0.131. The maximum atomic E-state index is 12.6. The molecule has 8 nitrogen and oxygen atoms in total. The van der Waals surface area contributed by atoms with Gasteiger partial charge in [-0.2, -0.15) is 0 Å². The Kier molecular flexibility index (Phi) is 5.88. The number of hydrogen-bond acceptors (Lipinski definition) is 5. The first-order chi connectivity index (χ1) is 15.0. The van der Waals surface area contributed by atoms with Gasteiger partial charge in [-0.25, -0.2) is 4.79 Å². The summed E-state index contributed by atoms with van der Waals surface area (Å²) in [4.78, 5) is 42.4. The molecule has 1 spiro atoms. The molecule has 2 heterocycles. The Morgan fingerprint density at radius 2 is 2.06 bits per heavy atom. The molecule has 0 bridgehead atoms. The Morgan fingerprint density at radius 3 is 2.77 bits per heavy atom. The summed E-state index contributed by atoms with van der Waals surface area (Å²) in [6.45, 7) is 2.15. The summed E-state index contributed by atoms with van der Waals surface area (Å²) < 4.78 is 5.80. The van der Waals surface area contributed by atoms with Gasteiger partial charge in [0.05, 0.1) is 6.20 Å². The number of ether oxygens (including phenoxy) is 1. The summed E-state index contributed by atoms with van der Waals surface area (Å²) in [7, 11) is 0. The Morgan fingerprint density at radius 1 is 1.26 bits per heavy atom. The lowest BCUT2D eigenvalue weighted by atomic mass is 9.98. The van der Waals surface area contributed by atoms with Gasteiger partial charge in [0, 0.05) is 24.8 Å². The van der Waals surface area contributed by atoms with Crippen molar-refractivity contribution in [2.75, 3.05) is 11.9 Å². The van der Waals surface area contributed by atoms with Crippen molar-refractivity contribution in [3.63, 3.8) is 0 Å². The average Bonchev–Trinajstić information content (AvgIpc) is 3.31. The second-order valence-corrected chi connectivity index (χ2v) is 8.10. The number of hydrogen-bond donors (Lipinski definition) is 2. The zero-order valence-electron chi connectivity index (χ0n) is 17.5. The fraction of sp³-hybridized carbons (Fsp3) is 0.391. The van der Waals surface area contributed by atoms with Gasteiger partial charge in [0.2, 0.25) is 5.91 Å². The maximum Gasteiger partial charge on any atom is 0.325 e. The number of aromatic nitrogens is 1. The van der Waals surface area contributed by atoms with E-state index in [1.54, 1.807) is 30.6 Å². The molecule has 1 saturated carbocycles. The summed E-state index contributed by atoms with van der Waals surface area (Å²) in [5.41, 5.74) is 0.847. The first-order valence-electron chi connectivity index (χ1n) is 10.6. The van der Waals surface area contributed by atoms with E-state index in [4.69, 9.17) is 4.74 Å². The number of urea groups is 1. The SMILES string of the molecule is Cc1cc(NC(=O)CCCN2C(=O)NC3(CCCC3)C2=O)ccc1Oc1cccnc1. The number of anilines is 1. The van der Waals surface area contributed by atoms with Crippen LogP contribution in [0.5, 0.6) is 11.5 Å². The van der Waals surface area contributed by atoms with Crippen molar-refractivity contribution in [2.45, 2.75) is 51.0 Å². The predicted molar refractivity (Wildman–Crippen MR) is 115 cm³/mol. The highest BCUT2D eigenvalue weighted by atomic mass is 16.5. The number of imide groups is 1. The summed E-state index contributed by atoms with van der Waals surface area (Å²) in [5.74, 6) is 1.02. The molecule has 1 aromatic heterocycles. The van der Waals surface area contributed by atoms with Crippen LogP contribution in [0.4, 0.5) is 10.5 Å². The molecular formula is C23H26N4O4. The number of nitrogens with zero attached hydrogens (tertiary/aromatic N) is 2. The van der Waals surface area contributed by atoms with Gasteiger partial charge in [-0.15, -0.1) is 0 Å². The topological polar surface area (TPSA) is 101 Å². The van der Waals surface area contributed by atoms with E-state index in [0.29, 0.717) is 36.4 Å². The van der Waals surface area contributed by atoms with Crippen molar-refractivity contribution in [1.29, 1.82) is 0 Å². The molecule has 2 aliphatic rings. The van der Waals surface area contributed by atoms with E-state index in [1.807, 2.05) is 19.1 Å². The van der Waals surface area contributed by atoms with Crippen LogP contribution in [0.2, 0.25) is 0 Å². The van der Waals surface area contributed by atoms with Crippen molar-refractivity contribution in [1.82, 2.24) is 15.2 Å². The first-order valence-corrected chi connectivity index (χ1v) is 10.6. The van der Waals surface area contributed by atoms with E-state index >= 15 is 0 Å². The fourth-order valence-corrected chi connectivity index (χ4v) is 4.19. The van der Waals surface area contributed by atoms with Crippen LogP contribution in [0.1, 0.15) is 44.1 Å². The number of carbonyl (C=O) groups excluding carboxylic acids is 3. The molecular weight excluding hydrogens is 396 g/mol. The highest BCUT2D eigenvalue weighted by molar-refractivity contribution is 6.07. The van der Waals surface area contributed by atoms with Gasteiger partial charge in [-0.3, -0.25) is 19.5 Å². The van der Waals surface area contributed by atoms with Gasteiger partial charge < -0.3 is 15.4 Å². The number of pyridine rings is 1. The molecule has 162 valence electrons. The maximum absolute atomic E-state index is 12.6. The molecule has 0 radical (unpaired) electrons. The second kappa shape index (κ2) is 8.75. The van der Waals surface area contributed by atoms with E-state index in [2.05, 4.69) is 15.6 Å². The van der Waals surface area contributed by atoms with Crippen molar-refractivity contribution < 1.29 is 19.1 Å². The van der Waals surface area contributed by atoms with Gasteiger partial charge in [0.25, 0.3) is 5.91 Å². The number of nitrogens with one attached hydrogen (secondary N) is 2. The van der Waals surface area contributed by atoms with E-state index in [0.717, 1.165) is 18.4 Å². The van der Waals surface area contributed by atoms with Crippen LogP contribution < -0.4 is 15.4 Å². The van der Waals surface area contributed by atoms with E-state index < -0.39 is 5.54 Å². The molecule has 1 saturated heterocycles. The third-order valence-corrected chi connectivity index (χ3v) is 5.81. The van der Waals surface area contributed by atoms with E-state index in [1.165, 1.54) is 4.90 Å². The molecule has 2 N–H and O–H groups in total. The zero-order valence-corrected chi connectivity index (χ0v) is 17.5. The second-order valence-electron chi connectivity index (χ2n) is 8.10. The molecule has 31 heavy (non-hydrogen) atoms. The Bertz CT molecular complexity index is 986. The van der Waals surface area contributed by atoms with E-state index in [9.17, 15) is 14.4 Å². The minimum absolute atomic E-state index is 0.143. The molecule has 1 aromatic carbocycles. The van der Waals surface area contributed by atoms with Crippen LogP contribution in [0.25, 0.3) is 0 Å². The van der Waals surface area contributed by atoms with E-state index in [-0.39, 0.29) is 30.8 Å². The molecule has 1 aliphatic carbocycles. The van der Waals surface area contributed by atoms with Gasteiger partial charge in [0.1, 0.15) is 17.0 Å². The monoisotopic (exact) mass is 422 g/mol. The van der Waals surface area contributed by atoms with Crippen LogP contribution in [0.15, 0.2) is 42.7 Å². The number of benzene rings is 1. The van der Waals surface area contributed by atoms with Crippen molar-refractivity contribution in [2.24, 2.45) is 0 Å². The normalized spacial score (nSPS) is 17.1. The van der Waals surface area contributed by atoms with Crippen molar-refractivity contribution in [3.8, 4) is 11.5 Å². The summed E-state index contributed by atoms with van der Waals surface area (Å²) in [5, 5.41) is 5.72. The standard InChI is InChI=1S/C23H26N4O4/c1-16-14-17(8-9-19(16)31-18-6-4-12-24-15-18)25-20(28)7-5-13-27-21(29)23(26-22(27)30)10-2-3-11-23/h4,6,8-9,12,14-15H,2-3,5,7,10-11,13H2,1H3,(H,25,28)(H,26,30). The lowest BCUT2D eigenvalue weighted by Gasteiger charge is -2.19.